The van der Waals surface area contributed by atoms with Crippen molar-refractivity contribution in [3.05, 3.63) is 87.4 Å². The van der Waals surface area contributed by atoms with Crippen molar-refractivity contribution in [3.8, 4) is 0 Å². The minimum absolute atomic E-state index is 0.0667. The van der Waals surface area contributed by atoms with Crippen LogP contribution in [0.15, 0.2) is 65.6 Å². The number of hydrogen-bond acceptors (Lipinski definition) is 3. The van der Waals surface area contributed by atoms with Crippen LogP contribution in [0.2, 0.25) is 10.0 Å². The zero-order valence-electron chi connectivity index (χ0n) is 17.3. The normalized spacial score (nSPS) is 11.6. The van der Waals surface area contributed by atoms with E-state index >= 15 is 0 Å². The molecule has 3 rings (SSSR count). The Kier molecular flexibility index (Phi) is 7.65. The molecule has 0 fully saturated rings. The number of benzene rings is 3. The fourth-order valence-electron chi connectivity index (χ4n) is 2.81. The van der Waals surface area contributed by atoms with E-state index in [2.05, 4.69) is 10.6 Å². The van der Waals surface area contributed by atoms with E-state index in [9.17, 15) is 9.59 Å². The van der Waals surface area contributed by atoms with Crippen molar-refractivity contribution in [1.82, 2.24) is 0 Å². The second-order valence-corrected chi connectivity index (χ2v) is 9.41. The van der Waals surface area contributed by atoms with Crippen LogP contribution in [0.3, 0.4) is 0 Å². The van der Waals surface area contributed by atoms with Gasteiger partial charge in [0.25, 0.3) is 5.91 Å². The Hall–Kier alpha value is -2.47. The molecule has 0 bridgehead atoms. The fraction of sp³-hybridized carbons (Fsp3) is 0.167. The van der Waals surface area contributed by atoms with Gasteiger partial charge in [-0.2, -0.15) is 0 Å². The number of halogens is 2. The maximum atomic E-state index is 12.5. The van der Waals surface area contributed by atoms with Gasteiger partial charge in [0.2, 0.25) is 5.91 Å². The van der Waals surface area contributed by atoms with Crippen LogP contribution in [0, 0.1) is 13.8 Å². The third-order valence-corrected chi connectivity index (χ3v) is 6.40. The Bertz CT molecular complexity index is 1120. The van der Waals surface area contributed by atoms with Gasteiger partial charge in [-0.3, -0.25) is 9.59 Å². The highest BCUT2D eigenvalue weighted by Crippen LogP contribution is 2.27. The van der Waals surface area contributed by atoms with Crippen molar-refractivity contribution < 1.29 is 9.59 Å². The van der Waals surface area contributed by atoms with Crippen molar-refractivity contribution in [2.24, 2.45) is 0 Å². The molecule has 3 aromatic carbocycles. The lowest BCUT2D eigenvalue weighted by atomic mass is 10.1. The van der Waals surface area contributed by atoms with Gasteiger partial charge >= 0.3 is 0 Å². The van der Waals surface area contributed by atoms with Crippen molar-refractivity contribution in [1.29, 1.82) is 0 Å². The highest BCUT2D eigenvalue weighted by Gasteiger charge is 2.15. The zero-order chi connectivity index (χ0) is 22.5. The first kappa shape index (κ1) is 23.2. The van der Waals surface area contributed by atoms with Gasteiger partial charge in [-0.15, -0.1) is 11.8 Å². The van der Waals surface area contributed by atoms with E-state index in [1.807, 2.05) is 51.1 Å². The molecule has 0 aliphatic rings. The standard InChI is InChI=1S/C24H22Cl2N2O2S/c1-14-4-6-19(12-15(14)2)28-23(29)16(3)31-20-9-7-18(8-10-20)27-24(30)21-11-5-17(25)13-22(21)26/h4-13,16H,1-3H3,(H,27,30)(H,28,29). The Morgan fingerprint density at radius 3 is 2.16 bits per heavy atom. The number of amides is 2. The molecule has 7 heteroatoms. The molecule has 0 spiro atoms. The lowest BCUT2D eigenvalue weighted by Gasteiger charge is -2.13. The van der Waals surface area contributed by atoms with E-state index in [4.69, 9.17) is 23.2 Å². The summed E-state index contributed by atoms with van der Waals surface area (Å²) in [4.78, 5) is 25.9. The summed E-state index contributed by atoms with van der Waals surface area (Å²) in [5.41, 5.74) is 4.09. The Labute approximate surface area is 196 Å². The van der Waals surface area contributed by atoms with Gasteiger partial charge in [0, 0.05) is 21.3 Å². The SMILES string of the molecule is Cc1ccc(NC(=O)C(C)Sc2ccc(NC(=O)c3ccc(Cl)cc3Cl)cc2)cc1C. The minimum Gasteiger partial charge on any atom is -0.325 e. The molecule has 31 heavy (non-hydrogen) atoms. The third-order valence-electron chi connectivity index (χ3n) is 4.74. The second-order valence-electron chi connectivity index (χ2n) is 7.15. The molecule has 0 aliphatic heterocycles. The number of nitrogens with one attached hydrogen (secondary N) is 2. The maximum absolute atomic E-state index is 12.5. The number of anilines is 2. The van der Waals surface area contributed by atoms with E-state index in [1.165, 1.54) is 23.4 Å². The van der Waals surface area contributed by atoms with Crippen molar-refractivity contribution in [2.75, 3.05) is 10.6 Å². The van der Waals surface area contributed by atoms with Crippen molar-refractivity contribution in [2.45, 2.75) is 30.9 Å². The molecule has 4 nitrogen and oxygen atoms in total. The van der Waals surface area contributed by atoms with Gasteiger partial charge in [-0.25, -0.2) is 0 Å². The molecular weight excluding hydrogens is 451 g/mol. The number of hydrogen-bond donors (Lipinski definition) is 2. The van der Waals surface area contributed by atoms with E-state index < -0.39 is 0 Å². The zero-order valence-corrected chi connectivity index (χ0v) is 19.7. The summed E-state index contributed by atoms with van der Waals surface area (Å²) in [6.45, 7) is 5.92. The third kappa shape index (κ3) is 6.26. The van der Waals surface area contributed by atoms with E-state index in [0.29, 0.717) is 21.3 Å². The summed E-state index contributed by atoms with van der Waals surface area (Å²) in [7, 11) is 0. The molecule has 3 aromatic rings. The quantitative estimate of drug-likeness (QED) is 0.380. The largest absolute Gasteiger partial charge is 0.325 e. The summed E-state index contributed by atoms with van der Waals surface area (Å²) in [5.74, 6) is -0.383. The summed E-state index contributed by atoms with van der Waals surface area (Å²) in [6, 6.07) is 17.9. The average molecular weight is 473 g/mol. The van der Waals surface area contributed by atoms with E-state index in [0.717, 1.165) is 16.1 Å². The van der Waals surface area contributed by atoms with Gasteiger partial charge in [-0.1, -0.05) is 29.3 Å². The molecule has 1 atom stereocenters. The van der Waals surface area contributed by atoms with Crippen LogP contribution >= 0.6 is 35.0 Å². The summed E-state index contributed by atoms with van der Waals surface area (Å²) >= 11 is 13.4. The molecule has 0 saturated heterocycles. The second kappa shape index (κ2) is 10.2. The van der Waals surface area contributed by atoms with Gasteiger partial charge in [0.15, 0.2) is 0 Å². The maximum Gasteiger partial charge on any atom is 0.257 e. The van der Waals surface area contributed by atoms with Gasteiger partial charge < -0.3 is 10.6 Å². The molecular formula is C24H22Cl2N2O2S. The van der Waals surface area contributed by atoms with Crippen LogP contribution in [-0.2, 0) is 4.79 Å². The highest BCUT2D eigenvalue weighted by atomic mass is 35.5. The first-order valence-electron chi connectivity index (χ1n) is 9.64. The predicted molar refractivity (Wildman–Crippen MR) is 131 cm³/mol. The molecule has 0 aromatic heterocycles. The molecule has 0 radical (unpaired) electrons. The summed E-state index contributed by atoms with van der Waals surface area (Å²) in [6.07, 6.45) is 0. The van der Waals surface area contributed by atoms with Crippen LogP contribution in [-0.4, -0.2) is 17.1 Å². The topological polar surface area (TPSA) is 58.2 Å². The lowest BCUT2D eigenvalue weighted by molar-refractivity contribution is -0.115. The smallest absolute Gasteiger partial charge is 0.257 e. The molecule has 2 amide bonds. The highest BCUT2D eigenvalue weighted by molar-refractivity contribution is 8.00. The van der Waals surface area contributed by atoms with Gasteiger partial charge in [0.1, 0.15) is 0 Å². The number of aryl methyl sites for hydroxylation is 2. The first-order chi connectivity index (χ1) is 14.7. The van der Waals surface area contributed by atoms with Gasteiger partial charge in [0.05, 0.1) is 15.8 Å². The Morgan fingerprint density at radius 2 is 1.52 bits per heavy atom. The summed E-state index contributed by atoms with van der Waals surface area (Å²) in [5, 5.41) is 6.25. The van der Waals surface area contributed by atoms with E-state index in [-0.39, 0.29) is 17.1 Å². The van der Waals surface area contributed by atoms with Crippen molar-refractivity contribution >= 4 is 58.2 Å². The first-order valence-corrected chi connectivity index (χ1v) is 11.3. The van der Waals surface area contributed by atoms with Gasteiger partial charge in [-0.05, 0) is 86.5 Å². The number of thioether (sulfide) groups is 1. The number of carbonyl (C=O) groups is 2. The van der Waals surface area contributed by atoms with Crippen LogP contribution in [0.5, 0.6) is 0 Å². The van der Waals surface area contributed by atoms with Crippen LogP contribution < -0.4 is 10.6 Å². The monoisotopic (exact) mass is 472 g/mol. The van der Waals surface area contributed by atoms with Crippen molar-refractivity contribution in [3.63, 3.8) is 0 Å². The molecule has 2 N–H and O–H groups in total. The lowest BCUT2D eigenvalue weighted by Crippen LogP contribution is -2.22. The minimum atomic E-state index is -0.316. The molecule has 160 valence electrons. The van der Waals surface area contributed by atoms with Crippen LogP contribution in [0.1, 0.15) is 28.4 Å². The molecule has 0 heterocycles. The number of rotatable bonds is 6. The van der Waals surface area contributed by atoms with Crippen LogP contribution in [0.4, 0.5) is 11.4 Å². The van der Waals surface area contributed by atoms with Crippen LogP contribution in [0.25, 0.3) is 0 Å². The van der Waals surface area contributed by atoms with E-state index in [1.54, 1.807) is 24.3 Å². The molecule has 0 aliphatic carbocycles. The molecule has 1 unspecified atom stereocenters. The number of carbonyl (C=O) groups excluding carboxylic acids is 2. The Balaban J connectivity index is 1.58. The summed E-state index contributed by atoms with van der Waals surface area (Å²) < 4.78 is 0. The molecule has 0 saturated carbocycles. The average Bonchev–Trinajstić information content (AvgIpc) is 2.72. The fourth-order valence-corrected chi connectivity index (χ4v) is 4.17. The Morgan fingerprint density at radius 1 is 0.839 bits per heavy atom. The predicted octanol–water partition coefficient (Wildman–Crippen LogP) is 6.98.